The van der Waals surface area contributed by atoms with Crippen LogP contribution in [-0.4, -0.2) is 33.8 Å². The Bertz CT molecular complexity index is 1740. The number of aromatic nitrogens is 1. The number of amides is 2. The van der Waals surface area contributed by atoms with Crippen molar-refractivity contribution in [3.63, 3.8) is 0 Å². The van der Waals surface area contributed by atoms with Gasteiger partial charge in [-0.1, -0.05) is 79.3 Å². The molecule has 9 heteroatoms. The molecule has 1 N–H and O–H groups in total. The third-order valence-corrected chi connectivity index (χ3v) is 10.3. The van der Waals surface area contributed by atoms with Crippen molar-refractivity contribution in [3.8, 4) is 0 Å². The van der Waals surface area contributed by atoms with E-state index < -0.39 is 6.29 Å². The van der Waals surface area contributed by atoms with Gasteiger partial charge in [0.2, 0.25) is 0 Å². The van der Waals surface area contributed by atoms with Gasteiger partial charge in [0, 0.05) is 17.2 Å². The van der Waals surface area contributed by atoms with Crippen molar-refractivity contribution in [3.05, 3.63) is 125 Å². The van der Waals surface area contributed by atoms with Gasteiger partial charge in [-0.2, -0.15) is 0 Å². The summed E-state index contributed by atoms with van der Waals surface area (Å²) >= 11 is 3.36. The quantitative estimate of drug-likeness (QED) is 0.155. The molecule has 2 aliphatic heterocycles. The van der Waals surface area contributed by atoms with Gasteiger partial charge in [0.15, 0.2) is 10.6 Å². The third-order valence-electron chi connectivity index (χ3n) is 7.99. The number of benzene rings is 4. The average molecular weight is 609 g/mol. The number of thiazole rings is 1. The Morgan fingerprint density at radius 1 is 0.837 bits per heavy atom. The fourth-order valence-corrected chi connectivity index (χ4v) is 7.84. The van der Waals surface area contributed by atoms with Gasteiger partial charge in [-0.05, 0) is 47.5 Å². The number of thioether (sulfide) groups is 1. The number of imide groups is 1. The zero-order chi connectivity index (χ0) is 29.5. The molecule has 4 atom stereocenters. The van der Waals surface area contributed by atoms with E-state index in [9.17, 15) is 14.7 Å². The van der Waals surface area contributed by atoms with Gasteiger partial charge in [-0.15, -0.1) is 11.3 Å². The summed E-state index contributed by atoms with van der Waals surface area (Å²) in [5, 5.41) is 9.53. The molecule has 0 saturated carbocycles. The van der Waals surface area contributed by atoms with E-state index in [-0.39, 0.29) is 36.5 Å². The number of aliphatic hydroxyl groups is 1. The molecule has 1 fully saturated rings. The lowest BCUT2D eigenvalue weighted by Crippen LogP contribution is -2.38. The van der Waals surface area contributed by atoms with Crippen LogP contribution in [0.1, 0.15) is 56.7 Å². The molecule has 0 radical (unpaired) electrons. The molecular formula is C34H28N2O5S2. The summed E-state index contributed by atoms with van der Waals surface area (Å²) < 4.78 is 15.3. The second-order valence-corrected chi connectivity index (χ2v) is 13.0. The highest BCUT2D eigenvalue weighted by molar-refractivity contribution is 8.01. The van der Waals surface area contributed by atoms with Crippen molar-refractivity contribution in [2.75, 3.05) is 10.7 Å². The highest BCUT2D eigenvalue weighted by Crippen LogP contribution is 2.44. The molecule has 5 aromatic rings. The van der Waals surface area contributed by atoms with Gasteiger partial charge in [-0.3, -0.25) is 9.59 Å². The summed E-state index contributed by atoms with van der Waals surface area (Å²) in [5.74, 6) is 0.0752. The van der Waals surface area contributed by atoms with Gasteiger partial charge in [0.25, 0.3) is 11.8 Å². The second-order valence-electron chi connectivity index (χ2n) is 10.7. The number of para-hydroxylation sites is 1. The lowest BCUT2D eigenvalue weighted by Gasteiger charge is -2.41. The number of carbonyl (C=O) groups excluding carboxylic acids is 2. The van der Waals surface area contributed by atoms with Gasteiger partial charge < -0.3 is 14.6 Å². The summed E-state index contributed by atoms with van der Waals surface area (Å²) in [6.45, 7) is 2.11. The Balaban J connectivity index is 1.14. The number of anilines is 1. The predicted octanol–water partition coefficient (Wildman–Crippen LogP) is 7.17. The van der Waals surface area contributed by atoms with E-state index in [0.29, 0.717) is 22.6 Å². The number of rotatable bonds is 7. The van der Waals surface area contributed by atoms with E-state index in [4.69, 9.17) is 14.5 Å². The van der Waals surface area contributed by atoms with Crippen LogP contribution in [0.2, 0.25) is 0 Å². The zero-order valence-electron chi connectivity index (χ0n) is 23.3. The fourth-order valence-electron chi connectivity index (χ4n) is 5.58. The Kier molecular flexibility index (Phi) is 7.58. The molecule has 0 aliphatic carbocycles. The smallest absolute Gasteiger partial charge is 0.266 e. The highest BCUT2D eigenvalue weighted by Gasteiger charge is 2.39. The highest BCUT2D eigenvalue weighted by atomic mass is 32.2. The molecular weight excluding hydrogens is 581 g/mol. The Hall–Kier alpha value is -3.86. The van der Waals surface area contributed by atoms with E-state index in [1.807, 2.05) is 54.6 Å². The summed E-state index contributed by atoms with van der Waals surface area (Å²) in [7, 11) is 0. The maximum atomic E-state index is 13.0. The molecule has 2 amide bonds. The summed E-state index contributed by atoms with van der Waals surface area (Å²) in [6.07, 6.45) is -1.05. The van der Waals surface area contributed by atoms with Crippen LogP contribution >= 0.6 is 23.1 Å². The molecule has 3 heterocycles. The first-order chi connectivity index (χ1) is 21.0. The number of carbonyl (C=O) groups is 2. The number of hydrogen-bond donors (Lipinski definition) is 1. The summed E-state index contributed by atoms with van der Waals surface area (Å²) in [5.41, 5.74) is 4.95. The Labute approximate surface area is 257 Å². The third kappa shape index (κ3) is 5.28. The number of nitrogens with zero attached hydrogens (tertiary/aromatic N) is 2. The first-order valence-electron chi connectivity index (χ1n) is 14.1. The minimum Gasteiger partial charge on any atom is -0.392 e. The molecule has 0 spiro atoms. The molecule has 1 aromatic heterocycles. The van der Waals surface area contributed by atoms with Gasteiger partial charge in [0.1, 0.15) is 0 Å². The van der Waals surface area contributed by atoms with Crippen molar-refractivity contribution in [2.45, 2.75) is 36.4 Å². The van der Waals surface area contributed by atoms with Crippen molar-refractivity contribution < 1.29 is 24.2 Å². The van der Waals surface area contributed by atoms with Gasteiger partial charge in [0.05, 0.1) is 45.8 Å². The lowest BCUT2D eigenvalue weighted by molar-refractivity contribution is -0.268. The number of hydrogen-bond acceptors (Lipinski definition) is 8. The summed E-state index contributed by atoms with van der Waals surface area (Å²) in [6, 6.07) is 30.0. The molecule has 7 nitrogen and oxygen atoms in total. The predicted molar refractivity (Wildman–Crippen MR) is 167 cm³/mol. The fraction of sp³-hybridized carbons (Fsp3) is 0.206. The van der Waals surface area contributed by atoms with E-state index >= 15 is 0 Å². The van der Waals surface area contributed by atoms with Crippen LogP contribution < -0.4 is 4.90 Å². The number of ether oxygens (including phenoxy) is 2. The molecule has 2 aliphatic rings. The largest absolute Gasteiger partial charge is 0.392 e. The minimum atomic E-state index is -0.657. The maximum absolute atomic E-state index is 13.0. The van der Waals surface area contributed by atoms with E-state index in [1.54, 1.807) is 59.5 Å². The van der Waals surface area contributed by atoms with Gasteiger partial charge >= 0.3 is 0 Å². The van der Waals surface area contributed by atoms with Gasteiger partial charge in [-0.25, -0.2) is 9.88 Å². The molecule has 216 valence electrons. The van der Waals surface area contributed by atoms with Crippen molar-refractivity contribution in [2.24, 2.45) is 5.92 Å². The first-order valence-corrected chi connectivity index (χ1v) is 15.9. The average Bonchev–Trinajstić information content (AvgIpc) is 3.58. The minimum absolute atomic E-state index is 0.0199. The maximum Gasteiger partial charge on any atom is 0.266 e. The molecule has 7 rings (SSSR count). The van der Waals surface area contributed by atoms with Crippen molar-refractivity contribution in [1.82, 2.24) is 4.98 Å². The standard InChI is InChI=1S/C34H28N2O5S2/c1-20-28(19-42-34-35-27-8-4-5-9-29(27)43-34)40-33(41-30(20)22-12-10-21(18-37)11-13-22)23-14-16-24(17-15-23)36-31(38)25-6-2-3-7-26(25)32(36)39/h2-17,20,28,30,33,37H,18-19H2,1H3. The van der Waals surface area contributed by atoms with Crippen LogP contribution in [0, 0.1) is 5.92 Å². The number of aliphatic hydroxyl groups excluding tert-OH is 1. The van der Waals surface area contributed by atoms with Crippen LogP contribution in [0.5, 0.6) is 0 Å². The summed E-state index contributed by atoms with van der Waals surface area (Å²) in [4.78, 5) is 32.0. The van der Waals surface area contributed by atoms with Crippen LogP contribution in [0.25, 0.3) is 10.2 Å². The monoisotopic (exact) mass is 608 g/mol. The van der Waals surface area contributed by atoms with Crippen molar-refractivity contribution >= 4 is 50.8 Å². The van der Waals surface area contributed by atoms with E-state index in [2.05, 4.69) is 13.0 Å². The van der Waals surface area contributed by atoms with Crippen LogP contribution in [0.4, 0.5) is 5.69 Å². The molecule has 4 unspecified atom stereocenters. The van der Waals surface area contributed by atoms with E-state index in [1.165, 1.54) is 4.90 Å². The first kappa shape index (κ1) is 27.9. The van der Waals surface area contributed by atoms with Crippen LogP contribution in [0.15, 0.2) is 101 Å². The van der Waals surface area contributed by atoms with E-state index in [0.717, 1.165) is 31.2 Å². The molecule has 43 heavy (non-hydrogen) atoms. The Morgan fingerprint density at radius 3 is 2.16 bits per heavy atom. The second kappa shape index (κ2) is 11.7. The topological polar surface area (TPSA) is 89.0 Å². The Morgan fingerprint density at radius 2 is 1.49 bits per heavy atom. The number of fused-ring (bicyclic) bond motifs is 2. The molecule has 4 aromatic carbocycles. The van der Waals surface area contributed by atoms with Crippen molar-refractivity contribution in [1.29, 1.82) is 0 Å². The SMILES string of the molecule is CC1C(CSc2nc3ccccc3s2)OC(c2ccc(N3C(=O)c4ccccc4C3=O)cc2)OC1c1ccc(CO)cc1. The molecule has 1 saturated heterocycles. The van der Waals surface area contributed by atoms with Crippen LogP contribution in [0.3, 0.4) is 0 Å². The zero-order valence-corrected chi connectivity index (χ0v) is 24.9. The molecule has 0 bridgehead atoms. The lowest BCUT2D eigenvalue weighted by atomic mass is 9.91. The normalized spacial score (nSPS) is 21.9. The van der Waals surface area contributed by atoms with Crippen LogP contribution in [-0.2, 0) is 16.1 Å².